The van der Waals surface area contributed by atoms with E-state index >= 15 is 0 Å². The number of carbonyl (C=O) groups is 1. The van der Waals surface area contributed by atoms with E-state index in [4.69, 9.17) is 9.47 Å². The Morgan fingerprint density at radius 2 is 2.25 bits per heavy atom. The summed E-state index contributed by atoms with van der Waals surface area (Å²) in [6.07, 6.45) is 2.77. The van der Waals surface area contributed by atoms with E-state index in [2.05, 4.69) is 17.5 Å². The van der Waals surface area contributed by atoms with Crippen LogP contribution in [0.2, 0.25) is 0 Å². The molecule has 126 valence electrons. The molecule has 24 heavy (non-hydrogen) atoms. The lowest BCUT2D eigenvalue weighted by Crippen LogP contribution is -2.20. The zero-order valence-electron chi connectivity index (χ0n) is 13.9. The Kier molecular flexibility index (Phi) is 6.33. The first kappa shape index (κ1) is 18.0. The van der Waals surface area contributed by atoms with Crippen molar-refractivity contribution in [1.29, 1.82) is 5.26 Å². The van der Waals surface area contributed by atoms with Crippen LogP contribution in [0.1, 0.15) is 19.8 Å². The van der Waals surface area contributed by atoms with Gasteiger partial charge in [0.15, 0.2) is 0 Å². The third-order valence-corrected chi connectivity index (χ3v) is 4.85. The van der Waals surface area contributed by atoms with Crippen LogP contribution in [0.3, 0.4) is 0 Å². The monoisotopic (exact) mass is 344 g/mol. The highest BCUT2D eigenvalue weighted by Gasteiger charge is 2.27. The molecule has 0 atom stereocenters. The molecule has 1 heterocycles. The quantitative estimate of drug-likeness (QED) is 0.324. The van der Waals surface area contributed by atoms with Gasteiger partial charge in [0.1, 0.15) is 5.75 Å². The molecule has 0 aliphatic carbocycles. The third-order valence-electron chi connectivity index (χ3n) is 3.59. The number of hydrogen-bond acceptors (Lipinski definition) is 6. The van der Waals surface area contributed by atoms with Gasteiger partial charge >= 0.3 is 5.97 Å². The van der Waals surface area contributed by atoms with Crippen molar-refractivity contribution in [3.05, 3.63) is 41.5 Å². The topological polar surface area (TPSA) is 62.6 Å². The maximum atomic E-state index is 11.0. The first-order valence-corrected chi connectivity index (χ1v) is 8.46. The number of anilines is 1. The number of esters is 1. The number of hydrogen-bond donors (Lipinski definition) is 0. The second-order valence-electron chi connectivity index (χ2n) is 5.21. The number of benzene rings is 1. The molecule has 0 saturated carbocycles. The summed E-state index contributed by atoms with van der Waals surface area (Å²) in [5, 5.41) is 10.2. The molecule has 0 N–H and O–H groups in total. The van der Waals surface area contributed by atoms with Crippen LogP contribution in [0.25, 0.3) is 0 Å². The van der Waals surface area contributed by atoms with Crippen molar-refractivity contribution >= 4 is 23.4 Å². The lowest BCUT2D eigenvalue weighted by molar-refractivity contribution is -0.137. The molecule has 1 aromatic carbocycles. The van der Waals surface area contributed by atoms with E-state index in [1.54, 1.807) is 18.9 Å². The number of allylic oxidation sites excluding steroid dienone is 1. The number of unbranched alkanes of at least 4 members (excludes halogenated alkanes) is 1. The van der Waals surface area contributed by atoms with E-state index in [1.165, 1.54) is 0 Å². The van der Waals surface area contributed by atoms with Crippen LogP contribution < -0.4 is 9.64 Å². The fourth-order valence-corrected chi connectivity index (χ4v) is 3.51. The molecule has 0 unspecified atom stereocenters. The average Bonchev–Trinajstić information content (AvgIpc) is 2.98. The van der Waals surface area contributed by atoms with E-state index in [1.807, 2.05) is 25.1 Å². The molecular weight excluding hydrogens is 324 g/mol. The van der Waals surface area contributed by atoms with E-state index in [0.717, 1.165) is 46.8 Å². The molecule has 1 aliphatic heterocycles. The van der Waals surface area contributed by atoms with Crippen LogP contribution >= 0.6 is 11.8 Å². The Hall–Kier alpha value is -2.39. The Morgan fingerprint density at radius 1 is 1.46 bits per heavy atom. The molecule has 5 nitrogen and oxygen atoms in total. The maximum absolute atomic E-state index is 11.0. The molecule has 2 rings (SSSR count). The summed E-state index contributed by atoms with van der Waals surface area (Å²) in [6.45, 7) is 6.32. The molecule has 0 saturated heterocycles. The van der Waals surface area contributed by atoms with Crippen molar-refractivity contribution in [2.75, 3.05) is 25.2 Å². The van der Waals surface area contributed by atoms with Gasteiger partial charge < -0.3 is 14.4 Å². The highest BCUT2D eigenvalue weighted by Crippen LogP contribution is 2.48. The third kappa shape index (κ3) is 4.12. The van der Waals surface area contributed by atoms with E-state index in [0.29, 0.717) is 12.2 Å². The molecule has 0 bridgehead atoms. The number of carbonyl (C=O) groups excluding carboxylic acids is 1. The van der Waals surface area contributed by atoms with E-state index < -0.39 is 5.97 Å². The summed E-state index contributed by atoms with van der Waals surface area (Å²) in [5.41, 5.74) is 1.77. The van der Waals surface area contributed by atoms with Gasteiger partial charge in [0.2, 0.25) is 0 Å². The highest BCUT2D eigenvalue weighted by molar-refractivity contribution is 8.03. The summed E-state index contributed by atoms with van der Waals surface area (Å²) in [5.74, 6) is 0.401. The summed E-state index contributed by atoms with van der Waals surface area (Å²) in [7, 11) is 1.64. The summed E-state index contributed by atoms with van der Waals surface area (Å²) in [4.78, 5) is 14.3. The summed E-state index contributed by atoms with van der Waals surface area (Å²) >= 11 is 1.58. The molecular formula is C18H20N2O3S. The zero-order valence-corrected chi connectivity index (χ0v) is 14.7. The van der Waals surface area contributed by atoms with Crippen LogP contribution in [0, 0.1) is 11.3 Å². The maximum Gasteiger partial charge on any atom is 0.330 e. The van der Waals surface area contributed by atoms with Crippen LogP contribution in [0.4, 0.5) is 5.69 Å². The van der Waals surface area contributed by atoms with E-state index in [-0.39, 0.29) is 0 Å². The largest absolute Gasteiger partial charge is 0.497 e. The Balaban J connectivity index is 2.07. The number of nitriles is 1. The summed E-state index contributed by atoms with van der Waals surface area (Å²) < 4.78 is 10.3. The normalized spacial score (nSPS) is 14.6. The zero-order chi connectivity index (χ0) is 17.5. The Labute approximate surface area is 146 Å². The highest BCUT2D eigenvalue weighted by atomic mass is 32.2. The SMILES string of the molecule is C=CC(=O)OCCCCN1/C(=C(/C)C#N)Sc2cc(OC)ccc21. The van der Waals surface area contributed by atoms with Gasteiger partial charge in [0, 0.05) is 17.5 Å². The fourth-order valence-electron chi connectivity index (χ4n) is 2.35. The van der Waals surface area contributed by atoms with Crippen molar-refractivity contribution in [3.63, 3.8) is 0 Å². The van der Waals surface area contributed by atoms with Gasteiger partial charge in [-0.15, -0.1) is 0 Å². The fraction of sp³-hybridized carbons (Fsp3) is 0.333. The standard InChI is InChI=1S/C18H20N2O3S/c1-4-17(21)23-10-6-5-9-20-15-8-7-14(22-3)11-16(15)24-18(20)13(2)12-19/h4,7-8,11H,1,5-6,9-10H2,2-3H3/b18-13+. The molecule has 0 amide bonds. The molecule has 1 aliphatic rings. The molecule has 0 spiro atoms. The van der Waals surface area contributed by atoms with Gasteiger partial charge in [-0.25, -0.2) is 4.79 Å². The molecule has 0 aromatic heterocycles. The van der Waals surface area contributed by atoms with Crippen LogP contribution in [-0.2, 0) is 9.53 Å². The number of thioether (sulfide) groups is 1. The van der Waals surface area contributed by atoms with Crippen molar-refractivity contribution < 1.29 is 14.3 Å². The van der Waals surface area contributed by atoms with Crippen molar-refractivity contribution in [1.82, 2.24) is 0 Å². The van der Waals surface area contributed by atoms with Crippen molar-refractivity contribution in [3.8, 4) is 11.8 Å². The lowest BCUT2D eigenvalue weighted by atomic mass is 10.2. The average molecular weight is 344 g/mol. The number of rotatable bonds is 7. The van der Waals surface area contributed by atoms with Crippen molar-refractivity contribution in [2.24, 2.45) is 0 Å². The van der Waals surface area contributed by atoms with Crippen LogP contribution in [0.5, 0.6) is 5.75 Å². The lowest BCUT2D eigenvalue weighted by Gasteiger charge is -2.21. The first-order chi connectivity index (χ1) is 11.6. The van der Waals surface area contributed by atoms with Gasteiger partial charge in [-0.05, 0) is 38.0 Å². The smallest absolute Gasteiger partial charge is 0.330 e. The van der Waals surface area contributed by atoms with Gasteiger partial charge in [-0.3, -0.25) is 0 Å². The number of fused-ring (bicyclic) bond motifs is 1. The van der Waals surface area contributed by atoms with E-state index in [9.17, 15) is 10.1 Å². The predicted molar refractivity (Wildman–Crippen MR) is 94.9 cm³/mol. The number of methoxy groups -OCH3 is 1. The molecule has 1 aromatic rings. The Bertz CT molecular complexity index is 707. The van der Waals surface area contributed by atoms with Crippen LogP contribution in [-0.4, -0.2) is 26.2 Å². The minimum atomic E-state index is -0.398. The van der Waals surface area contributed by atoms with Gasteiger partial charge in [-0.2, -0.15) is 5.26 Å². The predicted octanol–water partition coefficient (Wildman–Crippen LogP) is 3.87. The second kappa shape index (κ2) is 8.46. The second-order valence-corrected chi connectivity index (χ2v) is 6.24. The molecule has 0 radical (unpaired) electrons. The van der Waals surface area contributed by atoms with Gasteiger partial charge in [-0.1, -0.05) is 18.3 Å². The van der Waals surface area contributed by atoms with Gasteiger partial charge in [0.05, 0.1) is 36.1 Å². The molecule has 6 heteroatoms. The summed E-state index contributed by atoms with van der Waals surface area (Å²) in [6, 6.07) is 8.14. The minimum Gasteiger partial charge on any atom is -0.497 e. The number of ether oxygens (including phenoxy) is 2. The molecule has 0 fully saturated rings. The van der Waals surface area contributed by atoms with Gasteiger partial charge in [0.25, 0.3) is 0 Å². The Morgan fingerprint density at radius 3 is 2.92 bits per heavy atom. The van der Waals surface area contributed by atoms with Crippen LogP contribution in [0.15, 0.2) is 46.4 Å². The minimum absolute atomic E-state index is 0.373. The van der Waals surface area contributed by atoms with Crippen molar-refractivity contribution in [2.45, 2.75) is 24.7 Å². The first-order valence-electron chi connectivity index (χ1n) is 7.64. The number of nitrogens with zero attached hydrogens (tertiary/aromatic N) is 2.